The minimum Gasteiger partial charge on any atom is -0.381 e. The minimum absolute atomic E-state index is 0. The number of aliphatic imine (C=N–C) groups is 1. The number of benzene rings is 1. The van der Waals surface area contributed by atoms with Gasteiger partial charge in [-0.3, -0.25) is 9.79 Å². The highest BCUT2D eigenvalue weighted by Crippen LogP contribution is 2.22. The Morgan fingerprint density at radius 3 is 2.59 bits per heavy atom. The number of hydrogen-bond acceptors (Lipinski definition) is 3. The summed E-state index contributed by atoms with van der Waals surface area (Å²) in [5, 5.41) is 9.87. The van der Waals surface area contributed by atoms with Crippen LogP contribution in [0.3, 0.4) is 0 Å². The number of ether oxygens (including phenoxy) is 1. The van der Waals surface area contributed by atoms with E-state index in [-0.39, 0.29) is 29.9 Å². The summed E-state index contributed by atoms with van der Waals surface area (Å²) in [4.78, 5) is 16.2. The molecule has 1 aromatic rings. The molecule has 3 N–H and O–H groups in total. The fourth-order valence-electron chi connectivity index (χ4n) is 2.20. The standard InChI is InChI=1S/C19H31ClN4O2.HI/c1-4-5-13-26-14-7-11-22-19(21-3)23-12-10-18(25)24-17-9-6-8-16(20)15(17)2;/h6,8-9H,4-5,7,10-14H2,1-3H3,(H,24,25)(H2,21,22,23);1H. The van der Waals surface area contributed by atoms with Gasteiger partial charge in [0.2, 0.25) is 5.91 Å². The Morgan fingerprint density at radius 1 is 1.19 bits per heavy atom. The fourth-order valence-corrected chi connectivity index (χ4v) is 2.37. The van der Waals surface area contributed by atoms with Crippen molar-refractivity contribution in [2.75, 3.05) is 38.7 Å². The number of anilines is 1. The third kappa shape index (κ3) is 11.4. The van der Waals surface area contributed by atoms with Gasteiger partial charge in [-0.1, -0.05) is 31.0 Å². The van der Waals surface area contributed by atoms with Crippen LogP contribution >= 0.6 is 35.6 Å². The molecule has 27 heavy (non-hydrogen) atoms. The Labute approximate surface area is 184 Å². The van der Waals surface area contributed by atoms with Crippen LogP contribution in [0.15, 0.2) is 23.2 Å². The van der Waals surface area contributed by atoms with E-state index in [1.807, 2.05) is 19.1 Å². The molecule has 0 atom stereocenters. The van der Waals surface area contributed by atoms with E-state index in [0.29, 0.717) is 23.9 Å². The van der Waals surface area contributed by atoms with Crippen LogP contribution in [0, 0.1) is 6.92 Å². The summed E-state index contributed by atoms with van der Waals surface area (Å²) >= 11 is 6.06. The molecule has 0 fully saturated rings. The Balaban J connectivity index is 0.00000676. The minimum atomic E-state index is -0.0670. The molecule has 1 rings (SSSR count). The second-order valence-corrected chi connectivity index (χ2v) is 6.36. The summed E-state index contributed by atoms with van der Waals surface area (Å²) in [6.07, 6.45) is 3.51. The zero-order valence-corrected chi connectivity index (χ0v) is 19.5. The maximum absolute atomic E-state index is 12.1. The smallest absolute Gasteiger partial charge is 0.226 e. The van der Waals surface area contributed by atoms with Gasteiger partial charge in [-0.15, -0.1) is 24.0 Å². The van der Waals surface area contributed by atoms with Crippen LogP contribution in [-0.2, 0) is 9.53 Å². The number of carbonyl (C=O) groups excluding carboxylic acids is 1. The molecule has 154 valence electrons. The van der Waals surface area contributed by atoms with Gasteiger partial charge in [-0.25, -0.2) is 0 Å². The highest BCUT2D eigenvalue weighted by atomic mass is 127. The second kappa shape index (κ2) is 15.9. The zero-order chi connectivity index (χ0) is 19.2. The van der Waals surface area contributed by atoms with Gasteiger partial charge in [-0.2, -0.15) is 0 Å². The van der Waals surface area contributed by atoms with Crippen molar-refractivity contribution in [2.24, 2.45) is 4.99 Å². The van der Waals surface area contributed by atoms with Gasteiger partial charge in [-0.05, 0) is 37.5 Å². The Hall–Kier alpha value is -1.06. The van der Waals surface area contributed by atoms with Gasteiger partial charge >= 0.3 is 0 Å². The summed E-state index contributed by atoms with van der Waals surface area (Å²) in [7, 11) is 1.71. The molecule has 0 spiro atoms. The van der Waals surface area contributed by atoms with E-state index in [9.17, 15) is 4.79 Å². The lowest BCUT2D eigenvalue weighted by molar-refractivity contribution is -0.116. The average molecular weight is 511 g/mol. The van der Waals surface area contributed by atoms with Crippen LogP contribution in [0.5, 0.6) is 0 Å². The number of halogens is 2. The maximum Gasteiger partial charge on any atom is 0.226 e. The van der Waals surface area contributed by atoms with Gasteiger partial charge < -0.3 is 20.7 Å². The molecule has 0 saturated carbocycles. The van der Waals surface area contributed by atoms with E-state index < -0.39 is 0 Å². The van der Waals surface area contributed by atoms with Gasteiger partial charge in [0, 0.05) is 50.5 Å². The third-order valence-electron chi connectivity index (χ3n) is 3.81. The van der Waals surface area contributed by atoms with Crippen molar-refractivity contribution in [3.63, 3.8) is 0 Å². The number of amides is 1. The van der Waals surface area contributed by atoms with Crippen LogP contribution < -0.4 is 16.0 Å². The van der Waals surface area contributed by atoms with E-state index in [4.69, 9.17) is 16.3 Å². The first-order valence-corrected chi connectivity index (χ1v) is 9.53. The van der Waals surface area contributed by atoms with E-state index in [2.05, 4.69) is 27.9 Å². The number of nitrogens with zero attached hydrogens (tertiary/aromatic N) is 1. The van der Waals surface area contributed by atoms with Crippen molar-refractivity contribution in [2.45, 2.75) is 39.5 Å². The first-order chi connectivity index (χ1) is 12.6. The normalized spacial score (nSPS) is 10.9. The van der Waals surface area contributed by atoms with E-state index in [0.717, 1.165) is 50.3 Å². The lowest BCUT2D eigenvalue weighted by Gasteiger charge is -2.13. The molecule has 0 radical (unpaired) electrons. The summed E-state index contributed by atoms with van der Waals surface area (Å²) in [6.45, 7) is 6.87. The van der Waals surface area contributed by atoms with Crippen LogP contribution in [0.25, 0.3) is 0 Å². The van der Waals surface area contributed by atoms with Gasteiger partial charge in [0.05, 0.1) is 0 Å². The molecular formula is C19H32ClIN4O2. The maximum atomic E-state index is 12.1. The second-order valence-electron chi connectivity index (χ2n) is 5.96. The Kier molecular flexibility index (Phi) is 15.3. The molecule has 0 unspecified atom stereocenters. The van der Waals surface area contributed by atoms with Gasteiger partial charge in [0.1, 0.15) is 0 Å². The number of rotatable bonds is 11. The molecule has 1 aromatic carbocycles. The van der Waals surface area contributed by atoms with Crippen molar-refractivity contribution in [3.8, 4) is 0 Å². The number of unbranched alkanes of at least 4 members (excludes halogenated alkanes) is 1. The molecular weight excluding hydrogens is 479 g/mol. The zero-order valence-electron chi connectivity index (χ0n) is 16.4. The quantitative estimate of drug-likeness (QED) is 0.182. The highest BCUT2D eigenvalue weighted by Gasteiger charge is 2.07. The highest BCUT2D eigenvalue weighted by molar-refractivity contribution is 14.0. The van der Waals surface area contributed by atoms with Crippen molar-refractivity contribution < 1.29 is 9.53 Å². The third-order valence-corrected chi connectivity index (χ3v) is 4.22. The predicted octanol–water partition coefficient (Wildman–Crippen LogP) is 3.97. The molecule has 0 aromatic heterocycles. The molecule has 0 aliphatic carbocycles. The monoisotopic (exact) mass is 510 g/mol. The first kappa shape index (κ1) is 25.9. The summed E-state index contributed by atoms with van der Waals surface area (Å²) < 4.78 is 5.51. The van der Waals surface area contributed by atoms with E-state index in [1.54, 1.807) is 13.1 Å². The molecule has 0 saturated heterocycles. The molecule has 1 amide bonds. The molecule has 0 bridgehead atoms. The number of hydrogen-bond donors (Lipinski definition) is 3. The van der Waals surface area contributed by atoms with Crippen LogP contribution in [0.2, 0.25) is 5.02 Å². The van der Waals surface area contributed by atoms with E-state index >= 15 is 0 Å². The number of carbonyl (C=O) groups is 1. The summed E-state index contributed by atoms with van der Waals surface area (Å²) in [5.74, 6) is 0.618. The van der Waals surface area contributed by atoms with Crippen molar-refractivity contribution in [3.05, 3.63) is 28.8 Å². The molecule has 0 aliphatic rings. The lowest BCUT2D eigenvalue weighted by atomic mass is 10.2. The van der Waals surface area contributed by atoms with Gasteiger partial charge in [0.25, 0.3) is 0 Å². The number of nitrogens with one attached hydrogen (secondary N) is 3. The largest absolute Gasteiger partial charge is 0.381 e. The van der Waals surface area contributed by atoms with E-state index in [1.165, 1.54) is 0 Å². The lowest BCUT2D eigenvalue weighted by Crippen LogP contribution is -2.39. The van der Waals surface area contributed by atoms with Crippen molar-refractivity contribution in [1.82, 2.24) is 10.6 Å². The van der Waals surface area contributed by atoms with Crippen LogP contribution in [0.1, 0.15) is 38.2 Å². The first-order valence-electron chi connectivity index (χ1n) is 9.15. The SMILES string of the molecule is CCCCOCCCNC(=NC)NCCC(=O)Nc1cccc(Cl)c1C.I. The van der Waals surface area contributed by atoms with Crippen LogP contribution in [-0.4, -0.2) is 45.2 Å². The predicted molar refractivity (Wildman–Crippen MR) is 125 cm³/mol. The molecule has 6 nitrogen and oxygen atoms in total. The average Bonchev–Trinajstić information content (AvgIpc) is 2.63. The Bertz CT molecular complexity index is 585. The summed E-state index contributed by atoms with van der Waals surface area (Å²) in [5.41, 5.74) is 1.61. The van der Waals surface area contributed by atoms with Crippen molar-refractivity contribution in [1.29, 1.82) is 0 Å². The summed E-state index contributed by atoms with van der Waals surface area (Å²) in [6, 6.07) is 5.47. The molecule has 0 aliphatic heterocycles. The van der Waals surface area contributed by atoms with Crippen molar-refractivity contribution >= 4 is 53.1 Å². The fraction of sp³-hybridized carbons (Fsp3) is 0.579. The van der Waals surface area contributed by atoms with Crippen LogP contribution in [0.4, 0.5) is 5.69 Å². The topological polar surface area (TPSA) is 74.8 Å². The van der Waals surface area contributed by atoms with Gasteiger partial charge in [0.15, 0.2) is 5.96 Å². The Morgan fingerprint density at radius 2 is 1.89 bits per heavy atom. The number of guanidine groups is 1. The molecule has 8 heteroatoms. The molecule has 0 heterocycles.